The molecule has 2 N–H and O–H groups in total. The SMILES string of the molecule is CC(Cc1cccc2cc[nH]c12)C(=O)O. The van der Waals surface area contributed by atoms with E-state index in [9.17, 15) is 4.79 Å². The molecule has 78 valence electrons. The van der Waals surface area contributed by atoms with E-state index in [0.29, 0.717) is 6.42 Å². The first-order valence-electron chi connectivity index (χ1n) is 4.96. The van der Waals surface area contributed by atoms with Gasteiger partial charge >= 0.3 is 5.97 Å². The predicted molar refractivity (Wildman–Crippen MR) is 58.8 cm³/mol. The van der Waals surface area contributed by atoms with Crippen molar-refractivity contribution in [3.8, 4) is 0 Å². The van der Waals surface area contributed by atoms with Crippen molar-refractivity contribution in [2.75, 3.05) is 0 Å². The zero-order valence-electron chi connectivity index (χ0n) is 8.53. The van der Waals surface area contributed by atoms with Gasteiger partial charge in [0.25, 0.3) is 0 Å². The molecule has 0 aliphatic carbocycles. The highest BCUT2D eigenvalue weighted by Crippen LogP contribution is 2.19. The molecule has 15 heavy (non-hydrogen) atoms. The fourth-order valence-electron chi connectivity index (χ4n) is 1.74. The van der Waals surface area contributed by atoms with Crippen LogP contribution in [0.25, 0.3) is 10.9 Å². The lowest BCUT2D eigenvalue weighted by Gasteiger charge is -2.07. The van der Waals surface area contributed by atoms with Crippen molar-refractivity contribution >= 4 is 16.9 Å². The Bertz CT molecular complexity index is 487. The zero-order chi connectivity index (χ0) is 10.8. The predicted octanol–water partition coefficient (Wildman–Crippen LogP) is 2.43. The molecular formula is C12H13NO2. The molecule has 0 fully saturated rings. The molecule has 2 aromatic rings. The summed E-state index contributed by atoms with van der Waals surface area (Å²) in [7, 11) is 0. The van der Waals surface area contributed by atoms with Gasteiger partial charge in [-0.25, -0.2) is 0 Å². The van der Waals surface area contributed by atoms with Gasteiger partial charge in [-0.2, -0.15) is 0 Å². The Balaban J connectivity index is 2.35. The average molecular weight is 203 g/mol. The van der Waals surface area contributed by atoms with Crippen molar-refractivity contribution in [1.29, 1.82) is 0 Å². The van der Waals surface area contributed by atoms with E-state index in [4.69, 9.17) is 5.11 Å². The molecule has 1 aromatic carbocycles. The van der Waals surface area contributed by atoms with Crippen LogP contribution in [0.15, 0.2) is 30.5 Å². The van der Waals surface area contributed by atoms with E-state index in [-0.39, 0.29) is 5.92 Å². The van der Waals surface area contributed by atoms with Crippen LogP contribution in [0.2, 0.25) is 0 Å². The van der Waals surface area contributed by atoms with E-state index in [1.807, 2.05) is 30.5 Å². The Morgan fingerprint density at radius 2 is 2.27 bits per heavy atom. The van der Waals surface area contributed by atoms with Gasteiger partial charge in [0.05, 0.1) is 5.92 Å². The minimum atomic E-state index is -0.751. The molecule has 1 atom stereocenters. The number of aromatic amines is 1. The Kier molecular flexibility index (Phi) is 2.46. The number of para-hydroxylation sites is 1. The summed E-state index contributed by atoms with van der Waals surface area (Å²) in [6, 6.07) is 7.93. The molecule has 1 unspecified atom stereocenters. The number of H-pyrrole nitrogens is 1. The highest BCUT2D eigenvalue weighted by Gasteiger charge is 2.13. The molecule has 0 saturated heterocycles. The van der Waals surface area contributed by atoms with Crippen LogP contribution < -0.4 is 0 Å². The number of benzene rings is 1. The van der Waals surface area contributed by atoms with E-state index >= 15 is 0 Å². The smallest absolute Gasteiger partial charge is 0.306 e. The number of carboxylic acid groups (broad SMARTS) is 1. The lowest BCUT2D eigenvalue weighted by Crippen LogP contribution is -2.12. The fourth-order valence-corrected chi connectivity index (χ4v) is 1.74. The molecule has 0 spiro atoms. The Morgan fingerprint density at radius 1 is 1.47 bits per heavy atom. The van der Waals surface area contributed by atoms with Crippen molar-refractivity contribution in [3.05, 3.63) is 36.0 Å². The average Bonchev–Trinajstić information content (AvgIpc) is 2.66. The van der Waals surface area contributed by atoms with E-state index in [1.54, 1.807) is 6.92 Å². The van der Waals surface area contributed by atoms with Gasteiger partial charge in [-0.15, -0.1) is 0 Å². The minimum absolute atomic E-state index is 0.348. The van der Waals surface area contributed by atoms with Crippen molar-refractivity contribution in [2.45, 2.75) is 13.3 Å². The maximum Gasteiger partial charge on any atom is 0.306 e. The van der Waals surface area contributed by atoms with Crippen LogP contribution in [-0.4, -0.2) is 16.1 Å². The quantitative estimate of drug-likeness (QED) is 0.804. The maximum absolute atomic E-state index is 10.8. The molecule has 2 rings (SSSR count). The summed E-state index contributed by atoms with van der Waals surface area (Å²) >= 11 is 0. The highest BCUT2D eigenvalue weighted by atomic mass is 16.4. The Hall–Kier alpha value is -1.77. The van der Waals surface area contributed by atoms with E-state index in [2.05, 4.69) is 4.98 Å². The van der Waals surface area contributed by atoms with E-state index in [0.717, 1.165) is 16.5 Å². The van der Waals surface area contributed by atoms with Crippen molar-refractivity contribution in [2.24, 2.45) is 5.92 Å². The summed E-state index contributed by atoms with van der Waals surface area (Å²) in [6.45, 7) is 1.73. The largest absolute Gasteiger partial charge is 0.481 e. The number of rotatable bonds is 3. The second kappa shape index (κ2) is 3.77. The zero-order valence-corrected chi connectivity index (χ0v) is 8.53. The van der Waals surface area contributed by atoms with Crippen LogP contribution in [0.3, 0.4) is 0 Å². The normalized spacial score (nSPS) is 12.9. The number of fused-ring (bicyclic) bond motifs is 1. The van der Waals surface area contributed by atoms with Gasteiger partial charge in [0.15, 0.2) is 0 Å². The maximum atomic E-state index is 10.8. The third kappa shape index (κ3) is 1.86. The van der Waals surface area contributed by atoms with Crippen LogP contribution in [0, 0.1) is 5.92 Å². The van der Waals surface area contributed by atoms with Gasteiger partial charge < -0.3 is 10.1 Å². The highest BCUT2D eigenvalue weighted by molar-refractivity contribution is 5.83. The molecular weight excluding hydrogens is 190 g/mol. The van der Waals surface area contributed by atoms with Gasteiger partial charge in [0.1, 0.15) is 0 Å². The van der Waals surface area contributed by atoms with Gasteiger partial charge in [0.2, 0.25) is 0 Å². The summed E-state index contributed by atoms with van der Waals surface area (Å²) in [5.41, 5.74) is 2.11. The molecule has 1 heterocycles. The second-order valence-corrected chi connectivity index (χ2v) is 3.80. The Morgan fingerprint density at radius 3 is 3.00 bits per heavy atom. The molecule has 0 amide bonds. The lowest BCUT2D eigenvalue weighted by atomic mass is 10.00. The van der Waals surface area contributed by atoms with Gasteiger partial charge in [-0.1, -0.05) is 25.1 Å². The van der Waals surface area contributed by atoms with Crippen LogP contribution >= 0.6 is 0 Å². The van der Waals surface area contributed by atoms with Gasteiger partial charge in [-0.05, 0) is 23.4 Å². The number of carboxylic acids is 1. The summed E-state index contributed by atoms with van der Waals surface area (Å²) in [5.74, 6) is -1.10. The summed E-state index contributed by atoms with van der Waals surface area (Å²) in [4.78, 5) is 13.9. The number of aromatic nitrogens is 1. The molecule has 0 bridgehead atoms. The van der Waals surface area contributed by atoms with E-state index in [1.165, 1.54) is 0 Å². The van der Waals surface area contributed by atoms with Crippen molar-refractivity contribution in [1.82, 2.24) is 4.98 Å². The fraction of sp³-hybridized carbons (Fsp3) is 0.250. The van der Waals surface area contributed by atoms with Crippen molar-refractivity contribution < 1.29 is 9.90 Å². The van der Waals surface area contributed by atoms with Gasteiger partial charge in [-0.3, -0.25) is 4.79 Å². The van der Waals surface area contributed by atoms with Crippen LogP contribution in [0.4, 0.5) is 0 Å². The van der Waals surface area contributed by atoms with E-state index < -0.39 is 5.97 Å². The third-order valence-electron chi connectivity index (χ3n) is 2.62. The van der Waals surface area contributed by atoms with Crippen LogP contribution in [0.1, 0.15) is 12.5 Å². The molecule has 3 heteroatoms. The number of aliphatic carboxylic acids is 1. The summed E-state index contributed by atoms with van der Waals surface area (Å²) in [5, 5.41) is 9.99. The molecule has 1 aromatic heterocycles. The first-order chi connectivity index (χ1) is 7.18. The topological polar surface area (TPSA) is 53.1 Å². The minimum Gasteiger partial charge on any atom is -0.481 e. The first-order valence-corrected chi connectivity index (χ1v) is 4.96. The summed E-state index contributed by atoms with van der Waals surface area (Å²) < 4.78 is 0. The molecule has 0 aliphatic rings. The third-order valence-corrected chi connectivity index (χ3v) is 2.62. The molecule has 0 aliphatic heterocycles. The number of nitrogens with one attached hydrogen (secondary N) is 1. The molecule has 0 radical (unpaired) electrons. The van der Waals surface area contributed by atoms with Gasteiger partial charge in [0, 0.05) is 11.7 Å². The summed E-state index contributed by atoms with van der Waals surface area (Å²) in [6.07, 6.45) is 2.44. The number of carbonyl (C=O) groups is 1. The lowest BCUT2D eigenvalue weighted by molar-refractivity contribution is -0.141. The van der Waals surface area contributed by atoms with Crippen molar-refractivity contribution in [3.63, 3.8) is 0 Å². The first kappa shape index (κ1) is 9.77. The number of hydrogen-bond donors (Lipinski definition) is 2. The monoisotopic (exact) mass is 203 g/mol. The molecule has 0 saturated carbocycles. The molecule has 3 nitrogen and oxygen atoms in total. The number of hydrogen-bond acceptors (Lipinski definition) is 1. The Labute approximate surface area is 87.7 Å². The van der Waals surface area contributed by atoms with Crippen LogP contribution in [-0.2, 0) is 11.2 Å². The standard InChI is InChI=1S/C12H13NO2/c1-8(12(14)15)7-10-4-2-3-9-5-6-13-11(9)10/h2-6,8,13H,7H2,1H3,(H,14,15). The second-order valence-electron chi connectivity index (χ2n) is 3.80. The van der Waals surface area contributed by atoms with Crippen LogP contribution in [0.5, 0.6) is 0 Å².